The summed E-state index contributed by atoms with van der Waals surface area (Å²) in [7, 11) is 0. The normalized spacial score (nSPS) is 12.6. The molecule has 278 valence electrons. The monoisotopic (exact) mass is 779 g/mol. The number of rotatable bonds is 5. The van der Waals surface area contributed by atoms with E-state index >= 15 is 0 Å². The molecular formula is C56H33N3S. The number of fused-ring (bicyclic) bond motifs is 4. The van der Waals surface area contributed by atoms with Crippen LogP contribution in [0.3, 0.4) is 0 Å². The van der Waals surface area contributed by atoms with Gasteiger partial charge in [-0.25, -0.2) is 9.97 Å². The van der Waals surface area contributed by atoms with Gasteiger partial charge in [0.05, 0.1) is 26.9 Å². The van der Waals surface area contributed by atoms with E-state index in [1.807, 2.05) is 0 Å². The number of aromatic nitrogens is 3. The average Bonchev–Trinajstić information content (AvgIpc) is 3.83. The first kappa shape index (κ1) is 33.3. The summed E-state index contributed by atoms with van der Waals surface area (Å²) in [6, 6.07) is 72.7. The van der Waals surface area contributed by atoms with Gasteiger partial charge >= 0.3 is 0 Å². The van der Waals surface area contributed by atoms with Crippen LogP contribution in [0, 0.1) is 0 Å². The zero-order chi connectivity index (χ0) is 39.3. The van der Waals surface area contributed by atoms with Gasteiger partial charge in [0.2, 0.25) is 5.95 Å². The summed E-state index contributed by atoms with van der Waals surface area (Å²) >= 11 is 1.77. The molecule has 0 unspecified atom stereocenters. The van der Waals surface area contributed by atoms with E-state index in [2.05, 4.69) is 205 Å². The van der Waals surface area contributed by atoms with E-state index in [-0.39, 0.29) is 0 Å². The Balaban J connectivity index is 1.16. The van der Waals surface area contributed by atoms with Crippen LogP contribution in [0.4, 0.5) is 0 Å². The molecule has 0 radical (unpaired) electrons. The summed E-state index contributed by atoms with van der Waals surface area (Å²) in [5.41, 5.74) is 14.8. The Bertz CT molecular complexity index is 3760. The Morgan fingerprint density at radius 3 is 1.88 bits per heavy atom. The molecule has 0 fully saturated rings. The molecule has 0 N–H and O–H groups in total. The highest BCUT2D eigenvalue weighted by Crippen LogP contribution is 2.50. The second kappa shape index (κ2) is 12.9. The van der Waals surface area contributed by atoms with Crippen molar-refractivity contribution in [2.45, 2.75) is 0 Å². The van der Waals surface area contributed by atoms with Crippen molar-refractivity contribution in [3.63, 3.8) is 0 Å². The molecule has 0 amide bonds. The first-order chi connectivity index (χ1) is 29.8. The smallest absolute Gasteiger partial charge is 0.235 e. The maximum Gasteiger partial charge on any atom is 0.235 e. The Morgan fingerprint density at radius 1 is 0.383 bits per heavy atom. The van der Waals surface area contributed by atoms with Crippen LogP contribution in [-0.2, 0) is 0 Å². The molecule has 60 heavy (non-hydrogen) atoms. The average molecular weight is 780 g/mol. The lowest BCUT2D eigenvalue weighted by atomic mass is 9.85. The number of thiophene rings is 1. The highest BCUT2D eigenvalue weighted by molar-refractivity contribution is 7.26. The van der Waals surface area contributed by atoms with E-state index in [9.17, 15) is 0 Å². The third-order valence-electron chi connectivity index (χ3n) is 12.3. The summed E-state index contributed by atoms with van der Waals surface area (Å²) in [5.74, 6) is 0.667. The van der Waals surface area contributed by atoms with Crippen molar-refractivity contribution in [2.75, 3.05) is 0 Å². The molecule has 9 aromatic carbocycles. The number of nitrogens with zero attached hydrogens (tertiary/aromatic N) is 3. The Labute approximate surface area is 349 Å². The summed E-state index contributed by atoms with van der Waals surface area (Å²) < 4.78 is 4.62. The van der Waals surface area contributed by atoms with Crippen LogP contribution in [-0.4, -0.2) is 14.5 Å². The van der Waals surface area contributed by atoms with Gasteiger partial charge < -0.3 is 0 Å². The maximum absolute atomic E-state index is 5.62. The summed E-state index contributed by atoms with van der Waals surface area (Å²) in [6.45, 7) is 0. The first-order valence-corrected chi connectivity index (χ1v) is 21.2. The van der Waals surface area contributed by atoms with Gasteiger partial charge in [-0.2, -0.15) is 0 Å². The van der Waals surface area contributed by atoms with Gasteiger partial charge in [0.15, 0.2) is 0 Å². The van der Waals surface area contributed by atoms with Gasteiger partial charge in [-0.3, -0.25) is 4.57 Å². The van der Waals surface area contributed by atoms with Crippen molar-refractivity contribution >= 4 is 86.1 Å². The van der Waals surface area contributed by atoms with Crippen LogP contribution in [0.2, 0.25) is 0 Å². The SMILES string of the molecule is c1ccc(C2=C(c3ccc4ccccc4c3)c3cccc4c3c3c5c2cccc5ccc3n4-c2nc(-c3cccc(-c4ccccc4)c3)c3sc4ccccc4c3n2)cc1. The second-order valence-electron chi connectivity index (χ2n) is 15.7. The molecule has 4 heteroatoms. The Morgan fingerprint density at radius 2 is 1.02 bits per heavy atom. The maximum atomic E-state index is 5.62. The minimum Gasteiger partial charge on any atom is -0.278 e. The first-order valence-electron chi connectivity index (χ1n) is 20.4. The van der Waals surface area contributed by atoms with Crippen molar-refractivity contribution in [1.29, 1.82) is 0 Å². The van der Waals surface area contributed by atoms with Gasteiger partial charge in [0.1, 0.15) is 0 Å². The molecule has 0 bridgehead atoms. The fourth-order valence-electron chi connectivity index (χ4n) is 9.73. The molecule has 0 saturated carbocycles. The lowest BCUT2D eigenvalue weighted by molar-refractivity contribution is 1.02. The summed E-state index contributed by atoms with van der Waals surface area (Å²) in [4.78, 5) is 11.2. The number of hydrogen-bond donors (Lipinski definition) is 0. The van der Waals surface area contributed by atoms with Crippen LogP contribution in [0.5, 0.6) is 0 Å². The van der Waals surface area contributed by atoms with E-state index in [0.717, 1.165) is 43.5 Å². The molecular weight excluding hydrogens is 747 g/mol. The minimum absolute atomic E-state index is 0.667. The fraction of sp³-hybridized carbons (Fsp3) is 0. The second-order valence-corrected chi connectivity index (χ2v) is 16.7. The van der Waals surface area contributed by atoms with Gasteiger partial charge in [0.25, 0.3) is 0 Å². The van der Waals surface area contributed by atoms with Crippen LogP contribution in [0.1, 0.15) is 22.3 Å². The summed E-state index contributed by atoms with van der Waals surface area (Å²) in [5, 5.41) is 8.49. The minimum atomic E-state index is 0.667. The molecule has 3 heterocycles. The third-order valence-corrected chi connectivity index (χ3v) is 13.5. The lowest BCUT2D eigenvalue weighted by Gasteiger charge is -2.19. The van der Waals surface area contributed by atoms with Crippen LogP contribution in [0.25, 0.3) is 103 Å². The van der Waals surface area contributed by atoms with Crippen LogP contribution >= 0.6 is 11.3 Å². The van der Waals surface area contributed by atoms with E-state index in [1.165, 1.54) is 76.0 Å². The molecule has 0 saturated heterocycles. The highest BCUT2D eigenvalue weighted by Gasteiger charge is 2.29. The Hall–Kier alpha value is -7.66. The van der Waals surface area contributed by atoms with Crippen molar-refractivity contribution < 1.29 is 0 Å². The van der Waals surface area contributed by atoms with Gasteiger partial charge in [-0.15, -0.1) is 11.3 Å². The topological polar surface area (TPSA) is 30.7 Å². The third kappa shape index (κ3) is 4.89. The van der Waals surface area contributed by atoms with E-state index in [1.54, 1.807) is 11.3 Å². The molecule has 3 nitrogen and oxygen atoms in total. The van der Waals surface area contributed by atoms with E-state index in [4.69, 9.17) is 9.97 Å². The fourth-order valence-corrected chi connectivity index (χ4v) is 10.9. The van der Waals surface area contributed by atoms with Crippen molar-refractivity contribution in [3.05, 3.63) is 222 Å². The zero-order valence-electron chi connectivity index (χ0n) is 32.3. The molecule has 0 atom stereocenters. The Kier molecular flexibility index (Phi) is 7.18. The van der Waals surface area contributed by atoms with Gasteiger partial charge in [-0.05, 0) is 96.4 Å². The predicted octanol–water partition coefficient (Wildman–Crippen LogP) is 14.9. The summed E-state index contributed by atoms with van der Waals surface area (Å²) in [6.07, 6.45) is 0. The molecule has 13 rings (SSSR count). The molecule has 0 aliphatic heterocycles. The quantitative estimate of drug-likeness (QED) is 0.174. The van der Waals surface area contributed by atoms with Crippen LogP contribution in [0.15, 0.2) is 200 Å². The van der Waals surface area contributed by atoms with Gasteiger partial charge in [0, 0.05) is 26.4 Å². The molecule has 12 aromatic rings. The largest absolute Gasteiger partial charge is 0.278 e. The van der Waals surface area contributed by atoms with Crippen molar-refractivity contribution in [3.8, 4) is 28.3 Å². The van der Waals surface area contributed by atoms with Crippen LogP contribution < -0.4 is 0 Å². The van der Waals surface area contributed by atoms with Crippen molar-refractivity contribution in [1.82, 2.24) is 14.5 Å². The molecule has 3 aromatic heterocycles. The number of benzene rings is 9. The molecule has 1 aliphatic rings. The van der Waals surface area contributed by atoms with Gasteiger partial charge in [-0.1, -0.05) is 170 Å². The highest BCUT2D eigenvalue weighted by atomic mass is 32.1. The zero-order valence-corrected chi connectivity index (χ0v) is 33.1. The molecule has 1 aliphatic carbocycles. The molecule has 0 spiro atoms. The predicted molar refractivity (Wildman–Crippen MR) is 253 cm³/mol. The lowest BCUT2D eigenvalue weighted by Crippen LogP contribution is -2.03. The number of hydrogen-bond acceptors (Lipinski definition) is 3. The standard InChI is InChI=1S/C56H33N3S/c1-3-14-34(15-4-1)39-21-11-22-41(33-39)53-55-54(42-23-9-10-27-47(42)60-55)58-56(57-53)59-45-26-13-25-44-50(40-29-28-35-16-7-8-19-38(35)32-40)48(36-17-5-2-6-18-36)43-24-12-20-37-30-31-46(59)52(49(37)43)51(44)45/h1-33H. The van der Waals surface area contributed by atoms with E-state index < -0.39 is 0 Å². The van der Waals surface area contributed by atoms with E-state index in [0.29, 0.717) is 5.95 Å². The van der Waals surface area contributed by atoms with Crippen molar-refractivity contribution in [2.24, 2.45) is 0 Å².